The van der Waals surface area contributed by atoms with Crippen molar-refractivity contribution in [3.05, 3.63) is 17.0 Å². The van der Waals surface area contributed by atoms with Gasteiger partial charge in [-0.1, -0.05) is 11.6 Å². The second-order valence-electron chi connectivity index (χ2n) is 4.29. The molecule has 1 aromatic rings. The zero-order chi connectivity index (χ0) is 16.2. The lowest BCUT2D eigenvalue weighted by atomic mass is 10.4. The van der Waals surface area contributed by atoms with E-state index in [1.165, 1.54) is 18.0 Å². The summed E-state index contributed by atoms with van der Waals surface area (Å²) in [6.07, 6.45) is -4.69. The van der Waals surface area contributed by atoms with Crippen LogP contribution in [0.1, 0.15) is 19.7 Å². The number of anilines is 1. The fourth-order valence-corrected chi connectivity index (χ4v) is 1.87. The minimum Gasteiger partial charge on any atom is -0.350 e. The molecule has 118 valence electrons. The molecule has 0 radical (unpaired) electrons. The second kappa shape index (κ2) is 6.93. The highest BCUT2D eigenvalue weighted by atomic mass is 35.5. The van der Waals surface area contributed by atoms with Gasteiger partial charge in [0.1, 0.15) is 11.0 Å². The van der Waals surface area contributed by atoms with Crippen LogP contribution in [0.3, 0.4) is 0 Å². The van der Waals surface area contributed by atoms with Gasteiger partial charge in [0.25, 0.3) is 0 Å². The smallest absolute Gasteiger partial charge is 0.350 e. The summed E-state index contributed by atoms with van der Waals surface area (Å²) < 4.78 is 37.9. The molecule has 0 aliphatic carbocycles. The predicted molar refractivity (Wildman–Crippen MR) is 73.2 cm³/mol. The Morgan fingerprint density at radius 2 is 1.86 bits per heavy atom. The quantitative estimate of drug-likeness (QED) is 0.781. The Labute approximate surface area is 125 Å². The highest BCUT2D eigenvalue weighted by molar-refractivity contribution is 6.29. The molecule has 0 aliphatic rings. The van der Waals surface area contributed by atoms with E-state index >= 15 is 0 Å². The fraction of sp³-hybridized carbons (Fsp3) is 0.583. The van der Waals surface area contributed by atoms with Crippen LogP contribution in [0.4, 0.5) is 19.0 Å². The monoisotopic (exact) mass is 324 g/mol. The number of alkyl halides is 3. The molecule has 0 unspecified atom stereocenters. The number of amides is 1. The molecular formula is C12H16ClF3N4O. The Bertz CT molecular complexity index is 506. The van der Waals surface area contributed by atoms with E-state index in [9.17, 15) is 18.0 Å². The van der Waals surface area contributed by atoms with E-state index in [2.05, 4.69) is 9.97 Å². The van der Waals surface area contributed by atoms with Crippen LogP contribution in [0.15, 0.2) is 6.07 Å². The minimum atomic E-state index is -4.69. The molecule has 0 fully saturated rings. The summed E-state index contributed by atoms with van der Waals surface area (Å²) in [5, 5.41) is -0.325. The molecule has 9 heteroatoms. The lowest BCUT2D eigenvalue weighted by Gasteiger charge is -2.24. The van der Waals surface area contributed by atoms with Gasteiger partial charge in [-0.15, -0.1) is 0 Å². The molecule has 1 aromatic heterocycles. The molecule has 0 saturated carbocycles. The first-order valence-corrected chi connectivity index (χ1v) is 6.67. The summed E-state index contributed by atoms with van der Waals surface area (Å²) in [7, 11) is 1.47. The van der Waals surface area contributed by atoms with Crippen molar-refractivity contribution in [2.24, 2.45) is 0 Å². The second-order valence-corrected chi connectivity index (χ2v) is 4.68. The average Bonchev–Trinajstić information content (AvgIpc) is 2.38. The van der Waals surface area contributed by atoms with Crippen molar-refractivity contribution in [3.8, 4) is 0 Å². The van der Waals surface area contributed by atoms with Crippen molar-refractivity contribution in [3.63, 3.8) is 0 Å². The molecular weight excluding hydrogens is 309 g/mol. The Balaban J connectivity index is 2.95. The topological polar surface area (TPSA) is 49.3 Å². The third-order valence-corrected chi connectivity index (χ3v) is 3.01. The third kappa shape index (κ3) is 4.73. The lowest BCUT2D eigenvalue weighted by molar-refractivity contribution is -0.144. The number of aromatic nitrogens is 2. The third-order valence-electron chi connectivity index (χ3n) is 2.81. The molecule has 1 rings (SSSR count). The molecule has 0 saturated heterocycles. The van der Waals surface area contributed by atoms with Gasteiger partial charge in [-0.2, -0.15) is 13.2 Å². The summed E-state index contributed by atoms with van der Waals surface area (Å²) in [6.45, 7) is 4.62. The minimum absolute atomic E-state index is 0.0529. The van der Waals surface area contributed by atoms with E-state index in [-0.39, 0.29) is 23.4 Å². The van der Waals surface area contributed by atoms with Crippen molar-refractivity contribution in [1.29, 1.82) is 0 Å². The van der Waals surface area contributed by atoms with Crippen molar-refractivity contribution in [2.75, 3.05) is 31.6 Å². The zero-order valence-electron chi connectivity index (χ0n) is 11.9. The van der Waals surface area contributed by atoms with Crippen molar-refractivity contribution in [2.45, 2.75) is 20.0 Å². The number of carbonyl (C=O) groups excluding carboxylic acids is 1. The number of hydrogen-bond donors (Lipinski definition) is 0. The Kier molecular flexibility index (Phi) is 5.77. The number of hydrogen-bond acceptors (Lipinski definition) is 4. The number of nitrogens with zero attached hydrogens (tertiary/aromatic N) is 4. The van der Waals surface area contributed by atoms with E-state index in [0.717, 1.165) is 0 Å². The first kappa shape index (κ1) is 17.5. The van der Waals surface area contributed by atoms with Crippen molar-refractivity contribution >= 4 is 23.3 Å². The number of carbonyl (C=O) groups is 1. The maximum Gasteiger partial charge on any atom is 0.451 e. The van der Waals surface area contributed by atoms with Gasteiger partial charge < -0.3 is 9.80 Å². The molecule has 0 aliphatic heterocycles. The molecule has 1 heterocycles. The summed E-state index contributed by atoms with van der Waals surface area (Å²) in [4.78, 5) is 21.4. The van der Waals surface area contributed by atoms with E-state index < -0.39 is 12.0 Å². The number of rotatable bonds is 5. The molecule has 0 atom stereocenters. The Morgan fingerprint density at radius 3 is 2.33 bits per heavy atom. The SMILES string of the molecule is CCN(CC)C(=O)CN(C)c1cc(Cl)nc(C(F)(F)F)n1. The molecule has 0 bridgehead atoms. The van der Waals surface area contributed by atoms with Crippen molar-refractivity contribution in [1.82, 2.24) is 14.9 Å². The normalized spacial score (nSPS) is 11.4. The van der Waals surface area contributed by atoms with E-state index in [0.29, 0.717) is 13.1 Å². The van der Waals surface area contributed by atoms with Crippen LogP contribution in [-0.4, -0.2) is 47.5 Å². The molecule has 1 amide bonds. The maximum atomic E-state index is 12.6. The number of halogens is 4. The van der Waals surface area contributed by atoms with Gasteiger partial charge in [-0.25, -0.2) is 9.97 Å². The van der Waals surface area contributed by atoms with E-state index in [4.69, 9.17) is 11.6 Å². The molecule has 21 heavy (non-hydrogen) atoms. The molecule has 5 nitrogen and oxygen atoms in total. The first-order chi connectivity index (χ1) is 9.68. The standard InChI is InChI=1S/C12H16ClF3N4O/c1-4-20(5-2)10(21)7-19(3)9-6-8(13)17-11(18-9)12(14,15)16/h6H,4-5,7H2,1-3H3. The van der Waals surface area contributed by atoms with E-state index in [1.807, 2.05) is 13.8 Å². The fourth-order valence-electron chi connectivity index (χ4n) is 1.69. The van der Waals surface area contributed by atoms with E-state index in [1.54, 1.807) is 4.90 Å². The summed E-state index contributed by atoms with van der Waals surface area (Å²) in [6, 6.07) is 1.19. The highest BCUT2D eigenvalue weighted by Crippen LogP contribution is 2.28. The Hall–Kier alpha value is -1.57. The maximum absolute atomic E-state index is 12.6. The van der Waals surface area contributed by atoms with Gasteiger partial charge >= 0.3 is 6.18 Å². The lowest BCUT2D eigenvalue weighted by Crippen LogP contribution is -2.39. The van der Waals surface area contributed by atoms with Crippen LogP contribution in [0.25, 0.3) is 0 Å². The van der Waals surface area contributed by atoms with Gasteiger partial charge in [0.2, 0.25) is 11.7 Å². The van der Waals surface area contributed by atoms with Gasteiger partial charge in [0.15, 0.2) is 0 Å². The molecule has 0 N–H and O–H groups in total. The molecule has 0 spiro atoms. The summed E-state index contributed by atoms with van der Waals surface area (Å²) in [5.74, 6) is -1.58. The average molecular weight is 325 g/mol. The van der Waals surface area contributed by atoms with Crippen LogP contribution >= 0.6 is 11.6 Å². The van der Waals surface area contributed by atoms with Gasteiger partial charge in [0, 0.05) is 26.2 Å². The number of likely N-dealkylation sites (N-methyl/N-ethyl adjacent to an activating group) is 2. The summed E-state index contributed by atoms with van der Waals surface area (Å²) in [5.41, 5.74) is 0. The van der Waals surface area contributed by atoms with Crippen LogP contribution in [-0.2, 0) is 11.0 Å². The van der Waals surface area contributed by atoms with Gasteiger partial charge in [-0.05, 0) is 13.8 Å². The van der Waals surface area contributed by atoms with Crippen LogP contribution in [0, 0.1) is 0 Å². The zero-order valence-corrected chi connectivity index (χ0v) is 12.7. The first-order valence-electron chi connectivity index (χ1n) is 6.29. The van der Waals surface area contributed by atoms with Crippen LogP contribution < -0.4 is 4.90 Å². The van der Waals surface area contributed by atoms with Crippen LogP contribution in [0.5, 0.6) is 0 Å². The predicted octanol–water partition coefficient (Wildman–Crippen LogP) is 2.45. The largest absolute Gasteiger partial charge is 0.451 e. The summed E-state index contributed by atoms with van der Waals surface area (Å²) >= 11 is 5.58. The Morgan fingerprint density at radius 1 is 1.29 bits per heavy atom. The molecule has 0 aromatic carbocycles. The van der Waals surface area contributed by atoms with Crippen molar-refractivity contribution < 1.29 is 18.0 Å². The van der Waals surface area contributed by atoms with Crippen LogP contribution in [0.2, 0.25) is 5.15 Å². The van der Waals surface area contributed by atoms with Gasteiger partial charge in [-0.3, -0.25) is 4.79 Å². The highest BCUT2D eigenvalue weighted by Gasteiger charge is 2.35. The van der Waals surface area contributed by atoms with Gasteiger partial charge in [0.05, 0.1) is 6.54 Å².